The third-order valence-electron chi connectivity index (χ3n) is 7.35. The number of carbonyl (C=O) groups excluding carboxylic acids is 1. The van der Waals surface area contributed by atoms with Gasteiger partial charge in [0.1, 0.15) is 6.04 Å². The Labute approximate surface area is 230 Å². The molecule has 0 saturated heterocycles. The van der Waals surface area contributed by atoms with Gasteiger partial charge in [0.2, 0.25) is 0 Å². The van der Waals surface area contributed by atoms with Gasteiger partial charge < -0.3 is 15.2 Å². The maximum absolute atomic E-state index is 12.1. The highest BCUT2D eigenvalue weighted by atomic mass is 16.5. The lowest BCUT2D eigenvalue weighted by Gasteiger charge is -2.14. The third-order valence-corrected chi connectivity index (χ3v) is 7.35. The summed E-state index contributed by atoms with van der Waals surface area (Å²) < 4.78 is 5.29. The van der Waals surface area contributed by atoms with E-state index in [1.54, 1.807) is 0 Å². The van der Waals surface area contributed by atoms with Gasteiger partial charge in [-0.3, -0.25) is 9.59 Å². The Balaban J connectivity index is 3.55. The number of carbonyl (C=O) groups is 2. The van der Waals surface area contributed by atoms with Crippen LogP contribution in [0, 0.1) is 0 Å². The Kier molecular flexibility index (Phi) is 28.6. The average Bonchev–Trinajstić information content (AvgIpc) is 2.88. The van der Waals surface area contributed by atoms with E-state index in [4.69, 9.17) is 4.74 Å². The lowest BCUT2D eigenvalue weighted by Crippen LogP contribution is -2.39. The van der Waals surface area contributed by atoms with Gasteiger partial charge in [0.05, 0.1) is 13.0 Å². The van der Waals surface area contributed by atoms with E-state index in [9.17, 15) is 14.7 Å². The Morgan fingerprint density at radius 3 is 1.30 bits per heavy atom. The van der Waals surface area contributed by atoms with E-state index in [-0.39, 0.29) is 6.42 Å². The Bertz CT molecular complexity index is 497. The summed E-state index contributed by atoms with van der Waals surface area (Å²) >= 11 is 0. The minimum atomic E-state index is -0.971. The highest BCUT2D eigenvalue weighted by Crippen LogP contribution is 2.13. The first-order valence-corrected chi connectivity index (χ1v) is 16.2. The Morgan fingerprint density at radius 1 is 0.568 bits per heavy atom. The SMILES string of the molecule is CCCCCCCCCCCCCCNC(CC(=O)OCCCCCCCCCCCCCC)C(=O)O. The standard InChI is InChI=1S/C32H63NO4/c1-3-5-7-9-11-13-15-17-19-21-23-25-27-33-30(32(35)36)29-31(34)37-28-26-24-22-20-18-16-14-12-10-8-6-4-2/h30,33H,3-29H2,1-2H3,(H,35,36). The van der Waals surface area contributed by atoms with Crippen LogP contribution < -0.4 is 5.32 Å². The molecule has 5 heteroatoms. The second-order valence-corrected chi connectivity index (χ2v) is 11.0. The lowest BCUT2D eigenvalue weighted by molar-refractivity contribution is -0.149. The van der Waals surface area contributed by atoms with Crippen LogP contribution in [0.3, 0.4) is 0 Å². The fourth-order valence-electron chi connectivity index (χ4n) is 4.84. The van der Waals surface area contributed by atoms with E-state index >= 15 is 0 Å². The van der Waals surface area contributed by atoms with Crippen molar-refractivity contribution in [3.05, 3.63) is 0 Å². The molecule has 1 atom stereocenters. The molecule has 0 fully saturated rings. The summed E-state index contributed by atoms with van der Waals surface area (Å²) in [5.41, 5.74) is 0. The monoisotopic (exact) mass is 525 g/mol. The molecule has 1 unspecified atom stereocenters. The topological polar surface area (TPSA) is 75.6 Å². The number of unbranched alkanes of at least 4 members (excludes halogenated alkanes) is 22. The first-order chi connectivity index (χ1) is 18.1. The first kappa shape index (κ1) is 35.9. The number of carboxylic acid groups (broad SMARTS) is 1. The van der Waals surface area contributed by atoms with Crippen LogP contribution in [0.2, 0.25) is 0 Å². The van der Waals surface area contributed by atoms with Crippen LogP contribution in [0.5, 0.6) is 0 Å². The molecule has 0 saturated carbocycles. The number of nitrogens with one attached hydrogen (secondary N) is 1. The molecule has 0 amide bonds. The van der Waals surface area contributed by atoms with E-state index in [1.807, 2.05) is 0 Å². The molecule has 0 rings (SSSR count). The van der Waals surface area contributed by atoms with E-state index in [0.29, 0.717) is 13.2 Å². The summed E-state index contributed by atoms with van der Waals surface area (Å²) in [6.45, 7) is 5.56. The van der Waals surface area contributed by atoms with Crippen molar-refractivity contribution in [2.75, 3.05) is 13.2 Å². The smallest absolute Gasteiger partial charge is 0.321 e. The second kappa shape index (κ2) is 29.5. The number of ether oxygens (including phenoxy) is 1. The second-order valence-electron chi connectivity index (χ2n) is 11.0. The van der Waals surface area contributed by atoms with E-state index in [0.717, 1.165) is 25.7 Å². The van der Waals surface area contributed by atoms with Crippen LogP contribution in [0.4, 0.5) is 0 Å². The molecule has 0 aliphatic heterocycles. The summed E-state index contributed by atoms with van der Waals surface area (Å²) in [4.78, 5) is 23.6. The maximum atomic E-state index is 12.1. The molecule has 0 aromatic heterocycles. The van der Waals surface area contributed by atoms with Gasteiger partial charge in [0.15, 0.2) is 0 Å². The fourth-order valence-corrected chi connectivity index (χ4v) is 4.84. The number of hydrogen-bond donors (Lipinski definition) is 2. The minimum Gasteiger partial charge on any atom is -0.480 e. The van der Waals surface area contributed by atoms with Gasteiger partial charge in [-0.05, 0) is 19.4 Å². The van der Waals surface area contributed by atoms with Gasteiger partial charge in [0, 0.05) is 0 Å². The normalized spacial score (nSPS) is 12.1. The quantitative estimate of drug-likeness (QED) is 0.0721. The van der Waals surface area contributed by atoms with Crippen molar-refractivity contribution in [1.82, 2.24) is 5.32 Å². The number of aliphatic carboxylic acids is 1. The van der Waals surface area contributed by atoms with E-state index in [1.165, 1.54) is 128 Å². The van der Waals surface area contributed by atoms with E-state index < -0.39 is 18.0 Å². The van der Waals surface area contributed by atoms with Crippen molar-refractivity contribution < 1.29 is 19.4 Å². The maximum Gasteiger partial charge on any atom is 0.321 e. The van der Waals surface area contributed by atoms with Gasteiger partial charge in [-0.1, -0.05) is 155 Å². The number of rotatable bonds is 30. The summed E-state index contributed by atoms with van der Waals surface area (Å²) in [6.07, 6.45) is 30.5. The molecule has 0 radical (unpaired) electrons. The predicted octanol–water partition coefficient (Wildman–Crippen LogP) is 9.36. The predicted molar refractivity (Wildman–Crippen MR) is 157 cm³/mol. The highest BCUT2D eigenvalue weighted by Gasteiger charge is 2.21. The molecule has 220 valence electrons. The zero-order chi connectivity index (χ0) is 27.2. The molecular weight excluding hydrogens is 462 g/mol. The van der Waals surface area contributed by atoms with Gasteiger partial charge in [-0.2, -0.15) is 0 Å². The van der Waals surface area contributed by atoms with Gasteiger partial charge in [0.25, 0.3) is 0 Å². The highest BCUT2D eigenvalue weighted by molar-refractivity contribution is 5.81. The van der Waals surface area contributed by atoms with Crippen molar-refractivity contribution in [2.45, 2.75) is 180 Å². The van der Waals surface area contributed by atoms with Crippen LogP contribution in [0.15, 0.2) is 0 Å². The molecule has 0 spiro atoms. The molecule has 0 aliphatic rings. The lowest BCUT2D eigenvalue weighted by atomic mass is 10.1. The molecular formula is C32H63NO4. The fraction of sp³-hybridized carbons (Fsp3) is 0.938. The molecule has 0 aliphatic carbocycles. The Morgan fingerprint density at radius 2 is 0.919 bits per heavy atom. The molecule has 0 bridgehead atoms. The van der Waals surface area contributed by atoms with Crippen LogP contribution in [-0.2, 0) is 14.3 Å². The van der Waals surface area contributed by atoms with Gasteiger partial charge in [-0.15, -0.1) is 0 Å². The molecule has 0 heterocycles. The van der Waals surface area contributed by atoms with Crippen LogP contribution in [-0.4, -0.2) is 36.2 Å². The molecule has 2 N–H and O–H groups in total. The summed E-state index contributed by atoms with van der Waals surface area (Å²) in [5.74, 6) is -1.38. The van der Waals surface area contributed by atoms with Crippen LogP contribution in [0.1, 0.15) is 174 Å². The molecule has 0 aromatic rings. The molecule has 5 nitrogen and oxygen atoms in total. The van der Waals surface area contributed by atoms with Gasteiger partial charge in [-0.25, -0.2) is 0 Å². The number of carboxylic acids is 1. The number of esters is 1. The average molecular weight is 526 g/mol. The first-order valence-electron chi connectivity index (χ1n) is 16.2. The molecule has 0 aromatic carbocycles. The van der Waals surface area contributed by atoms with Gasteiger partial charge >= 0.3 is 11.9 Å². The zero-order valence-corrected chi connectivity index (χ0v) is 24.8. The van der Waals surface area contributed by atoms with E-state index in [2.05, 4.69) is 19.2 Å². The zero-order valence-electron chi connectivity index (χ0n) is 24.8. The van der Waals surface area contributed by atoms with Crippen molar-refractivity contribution in [3.63, 3.8) is 0 Å². The van der Waals surface area contributed by atoms with Crippen molar-refractivity contribution >= 4 is 11.9 Å². The van der Waals surface area contributed by atoms with Crippen LogP contribution >= 0.6 is 0 Å². The summed E-state index contributed by atoms with van der Waals surface area (Å²) in [6, 6.07) is -0.845. The van der Waals surface area contributed by atoms with Crippen molar-refractivity contribution in [1.29, 1.82) is 0 Å². The summed E-state index contributed by atoms with van der Waals surface area (Å²) in [5, 5.41) is 12.5. The summed E-state index contributed by atoms with van der Waals surface area (Å²) in [7, 11) is 0. The van der Waals surface area contributed by atoms with Crippen molar-refractivity contribution in [2.24, 2.45) is 0 Å². The van der Waals surface area contributed by atoms with Crippen molar-refractivity contribution in [3.8, 4) is 0 Å². The molecule has 37 heavy (non-hydrogen) atoms. The third kappa shape index (κ3) is 27.7. The minimum absolute atomic E-state index is 0.0914. The number of hydrogen-bond acceptors (Lipinski definition) is 4. The largest absolute Gasteiger partial charge is 0.480 e. The van der Waals surface area contributed by atoms with Crippen LogP contribution in [0.25, 0.3) is 0 Å². The Hall–Kier alpha value is -1.10.